The lowest BCUT2D eigenvalue weighted by Crippen LogP contribution is -1.96. The van der Waals surface area contributed by atoms with Gasteiger partial charge in [0.15, 0.2) is 0 Å². The number of halogens is 1. The van der Waals surface area contributed by atoms with Crippen LogP contribution in [0.1, 0.15) is 4.88 Å². The maximum absolute atomic E-state index is 5.83. The maximum Gasteiger partial charge on any atom is 0.142 e. The Morgan fingerprint density at radius 3 is 2.71 bits per heavy atom. The first kappa shape index (κ1) is 12.1. The molecule has 0 atom stereocenters. The summed E-state index contributed by atoms with van der Waals surface area (Å²) in [5, 5.41) is 0. The largest absolute Gasteiger partial charge is 0.495 e. The van der Waals surface area contributed by atoms with Gasteiger partial charge in [-0.1, -0.05) is 11.6 Å². The van der Waals surface area contributed by atoms with Gasteiger partial charge in [0.05, 0.1) is 17.1 Å². The Hall–Kier alpha value is -1.39. The molecule has 0 aliphatic rings. The van der Waals surface area contributed by atoms with Crippen molar-refractivity contribution in [3.05, 3.63) is 39.5 Å². The van der Waals surface area contributed by atoms with Crippen LogP contribution in [0.3, 0.4) is 0 Å². The Morgan fingerprint density at radius 2 is 2.12 bits per heavy atom. The van der Waals surface area contributed by atoms with E-state index in [0.29, 0.717) is 23.8 Å². The standard InChI is InChI=1S/C12H12ClNO2S/c1-15-11-4-2-8(6-10(11)14)16-7-9-3-5-12(13)17-9/h2-6H,7,14H2,1H3. The molecule has 90 valence electrons. The molecule has 2 rings (SSSR count). The predicted octanol–water partition coefficient (Wildman–Crippen LogP) is 3.57. The fraction of sp³-hybridized carbons (Fsp3) is 0.167. The van der Waals surface area contributed by atoms with Crippen molar-refractivity contribution in [2.24, 2.45) is 0 Å². The normalized spacial score (nSPS) is 10.2. The molecule has 0 radical (unpaired) electrons. The van der Waals surface area contributed by atoms with Crippen LogP contribution < -0.4 is 15.2 Å². The number of nitrogens with two attached hydrogens (primary N) is 1. The van der Waals surface area contributed by atoms with E-state index in [1.807, 2.05) is 18.2 Å². The van der Waals surface area contributed by atoms with Crippen molar-refractivity contribution in [2.75, 3.05) is 12.8 Å². The van der Waals surface area contributed by atoms with Crippen LogP contribution in [-0.2, 0) is 6.61 Å². The van der Waals surface area contributed by atoms with E-state index in [-0.39, 0.29) is 0 Å². The Bertz CT molecular complexity index is 513. The summed E-state index contributed by atoms with van der Waals surface area (Å²) in [6.07, 6.45) is 0. The van der Waals surface area contributed by atoms with Crippen LogP contribution in [0, 0.1) is 0 Å². The van der Waals surface area contributed by atoms with Gasteiger partial charge in [0, 0.05) is 10.9 Å². The summed E-state index contributed by atoms with van der Waals surface area (Å²) in [6.45, 7) is 0.489. The van der Waals surface area contributed by atoms with E-state index >= 15 is 0 Å². The third-order valence-electron chi connectivity index (χ3n) is 2.21. The molecular formula is C12H12ClNO2S. The van der Waals surface area contributed by atoms with Gasteiger partial charge in [-0.2, -0.15) is 0 Å². The zero-order valence-corrected chi connectivity index (χ0v) is 10.8. The Labute approximate surface area is 109 Å². The van der Waals surface area contributed by atoms with Crippen LogP contribution in [0.15, 0.2) is 30.3 Å². The monoisotopic (exact) mass is 269 g/mol. The van der Waals surface area contributed by atoms with Crippen LogP contribution in [-0.4, -0.2) is 7.11 Å². The number of ether oxygens (including phenoxy) is 2. The number of thiophene rings is 1. The molecule has 0 bridgehead atoms. The van der Waals surface area contributed by atoms with Crippen molar-refractivity contribution < 1.29 is 9.47 Å². The van der Waals surface area contributed by atoms with Gasteiger partial charge < -0.3 is 15.2 Å². The van der Waals surface area contributed by atoms with Crippen molar-refractivity contribution in [1.29, 1.82) is 0 Å². The third-order valence-corrected chi connectivity index (χ3v) is 3.42. The second-order valence-corrected chi connectivity index (χ2v) is 5.20. The van der Waals surface area contributed by atoms with E-state index in [4.69, 9.17) is 26.8 Å². The summed E-state index contributed by atoms with van der Waals surface area (Å²) < 4.78 is 11.4. The molecule has 0 saturated carbocycles. The van der Waals surface area contributed by atoms with E-state index in [1.165, 1.54) is 11.3 Å². The fourth-order valence-electron chi connectivity index (χ4n) is 1.39. The molecular weight excluding hydrogens is 258 g/mol. The smallest absolute Gasteiger partial charge is 0.142 e. The lowest BCUT2D eigenvalue weighted by atomic mass is 10.3. The molecule has 0 spiro atoms. The number of anilines is 1. The molecule has 2 aromatic rings. The van der Waals surface area contributed by atoms with E-state index in [0.717, 1.165) is 9.21 Å². The fourth-order valence-corrected chi connectivity index (χ4v) is 2.39. The van der Waals surface area contributed by atoms with Gasteiger partial charge in [0.2, 0.25) is 0 Å². The molecule has 0 fully saturated rings. The van der Waals surface area contributed by atoms with Crippen LogP contribution in [0.2, 0.25) is 4.34 Å². The van der Waals surface area contributed by atoms with Gasteiger partial charge in [0.1, 0.15) is 18.1 Å². The molecule has 1 aromatic carbocycles. The predicted molar refractivity (Wildman–Crippen MR) is 71.1 cm³/mol. The quantitative estimate of drug-likeness (QED) is 0.863. The van der Waals surface area contributed by atoms with Gasteiger partial charge in [-0.15, -0.1) is 11.3 Å². The van der Waals surface area contributed by atoms with E-state index in [2.05, 4.69) is 0 Å². The molecule has 1 heterocycles. The zero-order valence-electron chi connectivity index (χ0n) is 9.27. The van der Waals surface area contributed by atoms with E-state index in [9.17, 15) is 0 Å². The first-order chi connectivity index (χ1) is 8.19. The van der Waals surface area contributed by atoms with Crippen molar-refractivity contribution in [3.8, 4) is 11.5 Å². The highest BCUT2D eigenvalue weighted by Crippen LogP contribution is 2.27. The zero-order chi connectivity index (χ0) is 12.3. The van der Waals surface area contributed by atoms with Gasteiger partial charge >= 0.3 is 0 Å². The number of rotatable bonds is 4. The summed E-state index contributed by atoms with van der Waals surface area (Å²) >= 11 is 7.34. The highest BCUT2D eigenvalue weighted by atomic mass is 35.5. The summed E-state index contributed by atoms with van der Waals surface area (Å²) in [5.41, 5.74) is 6.35. The van der Waals surface area contributed by atoms with Crippen LogP contribution in [0.4, 0.5) is 5.69 Å². The van der Waals surface area contributed by atoms with Crippen molar-refractivity contribution >= 4 is 28.6 Å². The molecule has 0 aliphatic carbocycles. The minimum Gasteiger partial charge on any atom is -0.495 e. The number of methoxy groups -OCH3 is 1. The first-order valence-electron chi connectivity index (χ1n) is 4.99. The molecule has 2 N–H and O–H groups in total. The Kier molecular flexibility index (Phi) is 3.76. The molecule has 5 heteroatoms. The van der Waals surface area contributed by atoms with Crippen LogP contribution in [0.25, 0.3) is 0 Å². The van der Waals surface area contributed by atoms with E-state index in [1.54, 1.807) is 19.2 Å². The van der Waals surface area contributed by atoms with Crippen molar-refractivity contribution in [2.45, 2.75) is 6.61 Å². The van der Waals surface area contributed by atoms with Gasteiger partial charge in [-0.3, -0.25) is 0 Å². The van der Waals surface area contributed by atoms with Gasteiger partial charge in [-0.05, 0) is 24.3 Å². The topological polar surface area (TPSA) is 44.5 Å². The average Bonchev–Trinajstić information content (AvgIpc) is 2.73. The van der Waals surface area contributed by atoms with Crippen molar-refractivity contribution in [3.63, 3.8) is 0 Å². The van der Waals surface area contributed by atoms with Crippen LogP contribution >= 0.6 is 22.9 Å². The highest BCUT2D eigenvalue weighted by molar-refractivity contribution is 7.16. The molecule has 0 unspecified atom stereocenters. The lowest BCUT2D eigenvalue weighted by Gasteiger charge is -2.08. The number of hydrogen-bond acceptors (Lipinski definition) is 4. The number of nitrogen functional groups attached to an aromatic ring is 1. The molecule has 1 aromatic heterocycles. The molecule has 0 aliphatic heterocycles. The first-order valence-corrected chi connectivity index (χ1v) is 6.19. The summed E-state index contributed by atoms with van der Waals surface area (Å²) in [4.78, 5) is 1.07. The molecule has 17 heavy (non-hydrogen) atoms. The maximum atomic E-state index is 5.83. The third kappa shape index (κ3) is 3.05. The SMILES string of the molecule is COc1ccc(OCc2ccc(Cl)s2)cc1N. The minimum atomic E-state index is 0.489. The highest BCUT2D eigenvalue weighted by Gasteiger charge is 2.03. The lowest BCUT2D eigenvalue weighted by molar-refractivity contribution is 0.309. The number of hydrogen-bond donors (Lipinski definition) is 1. The molecule has 0 saturated heterocycles. The summed E-state index contributed by atoms with van der Waals surface area (Å²) in [5.74, 6) is 1.37. The molecule has 3 nitrogen and oxygen atoms in total. The second-order valence-electron chi connectivity index (χ2n) is 3.40. The summed E-state index contributed by atoms with van der Waals surface area (Å²) in [7, 11) is 1.58. The van der Waals surface area contributed by atoms with E-state index < -0.39 is 0 Å². The minimum absolute atomic E-state index is 0.489. The number of benzene rings is 1. The average molecular weight is 270 g/mol. The Balaban J connectivity index is 2.02. The summed E-state index contributed by atoms with van der Waals surface area (Å²) in [6, 6.07) is 9.15. The van der Waals surface area contributed by atoms with Gasteiger partial charge in [0.25, 0.3) is 0 Å². The van der Waals surface area contributed by atoms with Crippen molar-refractivity contribution in [1.82, 2.24) is 0 Å². The van der Waals surface area contributed by atoms with Crippen LogP contribution in [0.5, 0.6) is 11.5 Å². The molecule has 0 amide bonds. The second kappa shape index (κ2) is 5.29. The Morgan fingerprint density at radius 1 is 1.29 bits per heavy atom. The van der Waals surface area contributed by atoms with Gasteiger partial charge in [-0.25, -0.2) is 0 Å².